The van der Waals surface area contributed by atoms with Gasteiger partial charge in [-0.1, -0.05) is 54.7 Å². The number of hydrogen-bond donors (Lipinski definition) is 1. The Kier molecular flexibility index (Phi) is 4.12. The summed E-state index contributed by atoms with van der Waals surface area (Å²) in [5.74, 6) is 0.416. The highest BCUT2D eigenvalue weighted by Crippen LogP contribution is 2.38. The van der Waals surface area contributed by atoms with Gasteiger partial charge in [0, 0.05) is 17.5 Å². The van der Waals surface area contributed by atoms with E-state index in [9.17, 15) is 5.11 Å². The molecular weight excluding hydrogens is 293 g/mol. The molecule has 5 heteroatoms. The molecule has 0 radical (unpaired) electrons. The summed E-state index contributed by atoms with van der Waals surface area (Å²) in [5, 5.41) is 11.8. The minimum atomic E-state index is -0.113. The normalized spacial score (nSPS) is 11.7. The van der Waals surface area contributed by atoms with E-state index in [0.29, 0.717) is 26.7 Å². The van der Waals surface area contributed by atoms with Crippen LogP contribution in [0.5, 0.6) is 0 Å². The average molecular weight is 307 g/mol. The SMILES string of the molecule is CC(C)Cn1c(Cl)c(CO)c2ccc(Cl)c(Cl)c21. The van der Waals surface area contributed by atoms with Crippen molar-refractivity contribution in [3.05, 3.63) is 32.9 Å². The lowest BCUT2D eigenvalue weighted by atomic mass is 10.2. The van der Waals surface area contributed by atoms with Gasteiger partial charge in [-0.15, -0.1) is 0 Å². The Morgan fingerprint density at radius 1 is 1.22 bits per heavy atom. The van der Waals surface area contributed by atoms with E-state index in [1.54, 1.807) is 6.07 Å². The minimum Gasteiger partial charge on any atom is -0.392 e. The Labute approximate surface area is 121 Å². The van der Waals surface area contributed by atoms with Crippen molar-refractivity contribution >= 4 is 45.7 Å². The Balaban J connectivity index is 2.82. The molecule has 2 nitrogen and oxygen atoms in total. The second-order valence-electron chi connectivity index (χ2n) is 4.69. The standard InChI is InChI=1S/C13H14Cl3NO/c1-7(2)5-17-12-8(9(6-18)13(17)16)3-4-10(14)11(12)15/h3-4,7,18H,5-6H2,1-2H3. The van der Waals surface area contributed by atoms with Gasteiger partial charge in [-0.2, -0.15) is 0 Å². The molecule has 0 spiro atoms. The summed E-state index contributed by atoms with van der Waals surface area (Å²) >= 11 is 18.6. The van der Waals surface area contributed by atoms with E-state index in [-0.39, 0.29) is 6.61 Å². The second-order valence-corrected chi connectivity index (χ2v) is 5.83. The first-order valence-corrected chi connectivity index (χ1v) is 6.86. The van der Waals surface area contributed by atoms with Crippen molar-refractivity contribution in [3.8, 4) is 0 Å². The van der Waals surface area contributed by atoms with Gasteiger partial charge >= 0.3 is 0 Å². The van der Waals surface area contributed by atoms with Gasteiger partial charge in [-0.3, -0.25) is 0 Å². The number of aliphatic hydroxyl groups excluding tert-OH is 1. The molecule has 0 aliphatic rings. The predicted octanol–water partition coefficient (Wildman–Crippen LogP) is 4.75. The van der Waals surface area contributed by atoms with Crippen molar-refractivity contribution in [1.82, 2.24) is 4.57 Å². The molecule has 0 unspecified atom stereocenters. The maximum atomic E-state index is 9.45. The largest absolute Gasteiger partial charge is 0.392 e. The highest BCUT2D eigenvalue weighted by Gasteiger charge is 2.19. The molecule has 2 rings (SSSR count). The lowest BCUT2D eigenvalue weighted by molar-refractivity contribution is 0.283. The van der Waals surface area contributed by atoms with Gasteiger partial charge in [0.05, 0.1) is 22.2 Å². The van der Waals surface area contributed by atoms with E-state index < -0.39 is 0 Å². The van der Waals surface area contributed by atoms with Crippen LogP contribution in [0.25, 0.3) is 10.9 Å². The first kappa shape index (κ1) is 14.0. The lowest BCUT2D eigenvalue weighted by Gasteiger charge is -2.11. The van der Waals surface area contributed by atoms with Crippen molar-refractivity contribution in [2.75, 3.05) is 0 Å². The van der Waals surface area contributed by atoms with E-state index in [1.165, 1.54) is 0 Å². The van der Waals surface area contributed by atoms with Crippen LogP contribution in [0.4, 0.5) is 0 Å². The molecular formula is C13H14Cl3NO. The van der Waals surface area contributed by atoms with Crippen LogP contribution in [0, 0.1) is 5.92 Å². The summed E-state index contributed by atoms with van der Waals surface area (Å²) in [4.78, 5) is 0. The first-order chi connectivity index (χ1) is 8.47. The Morgan fingerprint density at radius 2 is 1.89 bits per heavy atom. The molecule has 0 amide bonds. The topological polar surface area (TPSA) is 25.2 Å². The van der Waals surface area contributed by atoms with Gasteiger partial charge in [0.25, 0.3) is 0 Å². The maximum Gasteiger partial charge on any atom is 0.115 e. The third kappa shape index (κ3) is 2.23. The van der Waals surface area contributed by atoms with E-state index >= 15 is 0 Å². The minimum absolute atomic E-state index is 0.113. The van der Waals surface area contributed by atoms with Crippen LogP contribution in [0.15, 0.2) is 12.1 Å². The van der Waals surface area contributed by atoms with Crippen LogP contribution < -0.4 is 0 Å². The number of halogens is 3. The van der Waals surface area contributed by atoms with Crippen LogP contribution >= 0.6 is 34.8 Å². The van der Waals surface area contributed by atoms with Gasteiger partial charge in [0.1, 0.15) is 5.15 Å². The molecule has 0 atom stereocenters. The summed E-state index contributed by atoms with van der Waals surface area (Å²) in [6.07, 6.45) is 0. The van der Waals surface area contributed by atoms with Crippen molar-refractivity contribution < 1.29 is 5.11 Å². The molecule has 2 aromatic rings. The quantitative estimate of drug-likeness (QED) is 0.869. The van der Waals surface area contributed by atoms with Crippen LogP contribution in [-0.4, -0.2) is 9.67 Å². The maximum absolute atomic E-state index is 9.45. The molecule has 1 aromatic carbocycles. The van der Waals surface area contributed by atoms with Gasteiger partial charge in [-0.05, 0) is 12.0 Å². The molecule has 0 fully saturated rings. The van der Waals surface area contributed by atoms with Crippen LogP contribution in [0.2, 0.25) is 15.2 Å². The predicted molar refractivity (Wildman–Crippen MR) is 77.7 cm³/mol. The highest BCUT2D eigenvalue weighted by molar-refractivity contribution is 6.45. The zero-order valence-electron chi connectivity index (χ0n) is 10.2. The number of hydrogen-bond acceptors (Lipinski definition) is 1. The third-order valence-corrected chi connectivity index (χ3v) is 4.08. The summed E-state index contributed by atoms with van der Waals surface area (Å²) in [6, 6.07) is 3.57. The van der Waals surface area contributed by atoms with Gasteiger partial charge in [0.2, 0.25) is 0 Å². The van der Waals surface area contributed by atoms with E-state index in [1.807, 2.05) is 10.6 Å². The lowest BCUT2D eigenvalue weighted by Crippen LogP contribution is -2.04. The van der Waals surface area contributed by atoms with E-state index in [2.05, 4.69) is 13.8 Å². The number of aliphatic hydroxyl groups is 1. The molecule has 0 aliphatic heterocycles. The van der Waals surface area contributed by atoms with E-state index in [4.69, 9.17) is 34.8 Å². The zero-order valence-corrected chi connectivity index (χ0v) is 12.4. The monoisotopic (exact) mass is 305 g/mol. The van der Waals surface area contributed by atoms with Crippen LogP contribution in [-0.2, 0) is 13.2 Å². The number of aromatic nitrogens is 1. The molecule has 1 aromatic heterocycles. The smallest absolute Gasteiger partial charge is 0.115 e. The molecule has 1 heterocycles. The summed E-state index contributed by atoms with van der Waals surface area (Å²) in [5.41, 5.74) is 1.50. The first-order valence-electron chi connectivity index (χ1n) is 5.72. The van der Waals surface area contributed by atoms with Gasteiger partial charge < -0.3 is 9.67 Å². The highest BCUT2D eigenvalue weighted by atomic mass is 35.5. The fraction of sp³-hybridized carbons (Fsp3) is 0.385. The van der Waals surface area contributed by atoms with Gasteiger partial charge in [-0.25, -0.2) is 0 Å². The zero-order chi connectivity index (χ0) is 13.4. The average Bonchev–Trinajstić information content (AvgIpc) is 2.57. The molecule has 18 heavy (non-hydrogen) atoms. The Hall–Kier alpha value is -0.410. The molecule has 0 saturated carbocycles. The fourth-order valence-corrected chi connectivity index (χ4v) is 2.84. The van der Waals surface area contributed by atoms with Crippen molar-refractivity contribution in [3.63, 3.8) is 0 Å². The molecule has 0 saturated heterocycles. The summed E-state index contributed by atoms with van der Waals surface area (Å²) in [6.45, 7) is 4.81. The van der Waals surface area contributed by atoms with Crippen molar-refractivity contribution in [1.29, 1.82) is 0 Å². The third-order valence-electron chi connectivity index (χ3n) is 2.86. The second kappa shape index (κ2) is 5.30. The Morgan fingerprint density at radius 3 is 2.44 bits per heavy atom. The van der Waals surface area contributed by atoms with Crippen LogP contribution in [0.1, 0.15) is 19.4 Å². The number of fused-ring (bicyclic) bond motifs is 1. The Bertz CT molecular complexity index is 590. The number of benzene rings is 1. The van der Waals surface area contributed by atoms with E-state index in [0.717, 1.165) is 17.4 Å². The van der Waals surface area contributed by atoms with Crippen LogP contribution in [0.3, 0.4) is 0 Å². The number of rotatable bonds is 3. The van der Waals surface area contributed by atoms with Crippen molar-refractivity contribution in [2.45, 2.75) is 27.0 Å². The van der Waals surface area contributed by atoms with Gasteiger partial charge in [0.15, 0.2) is 0 Å². The molecule has 1 N–H and O–H groups in total. The fourth-order valence-electron chi connectivity index (χ4n) is 2.11. The summed E-state index contributed by atoms with van der Waals surface area (Å²) < 4.78 is 1.92. The summed E-state index contributed by atoms with van der Waals surface area (Å²) in [7, 11) is 0. The molecule has 98 valence electrons. The molecule has 0 bridgehead atoms. The van der Waals surface area contributed by atoms with Crippen molar-refractivity contribution in [2.24, 2.45) is 5.92 Å². The number of nitrogens with zero attached hydrogens (tertiary/aromatic N) is 1. The molecule has 0 aliphatic carbocycles.